The van der Waals surface area contributed by atoms with E-state index < -0.39 is 6.04 Å². The highest BCUT2D eigenvalue weighted by Crippen LogP contribution is 2.24. The monoisotopic (exact) mass is 424 g/mol. The van der Waals surface area contributed by atoms with E-state index in [1.807, 2.05) is 43.3 Å². The number of amides is 2. The standard InChI is InChI=1S/C20H22Cl2N2O2S/c1-3-23-20(26)14(2)24(12-15-9-10-17(21)18(22)11-15)19(25)13-27-16-7-5-4-6-8-16/h4-11,14H,3,12-13H2,1-2H3,(H,23,26). The molecule has 0 spiro atoms. The van der Waals surface area contributed by atoms with Gasteiger partial charge in [-0.2, -0.15) is 0 Å². The summed E-state index contributed by atoms with van der Waals surface area (Å²) in [5.41, 5.74) is 0.818. The fourth-order valence-electron chi connectivity index (χ4n) is 2.48. The molecule has 2 rings (SSSR count). The molecule has 0 bridgehead atoms. The molecule has 1 unspecified atom stereocenters. The molecule has 1 N–H and O–H groups in total. The number of nitrogens with zero attached hydrogens (tertiary/aromatic N) is 1. The van der Waals surface area contributed by atoms with Crippen LogP contribution in [0, 0.1) is 0 Å². The predicted molar refractivity (Wildman–Crippen MR) is 112 cm³/mol. The topological polar surface area (TPSA) is 49.4 Å². The van der Waals surface area contributed by atoms with E-state index in [2.05, 4.69) is 5.32 Å². The number of carbonyl (C=O) groups excluding carboxylic acids is 2. The minimum atomic E-state index is -0.594. The smallest absolute Gasteiger partial charge is 0.242 e. The van der Waals surface area contributed by atoms with Crippen molar-refractivity contribution in [2.45, 2.75) is 31.3 Å². The Balaban J connectivity index is 2.15. The van der Waals surface area contributed by atoms with Gasteiger partial charge in [0.05, 0.1) is 15.8 Å². The van der Waals surface area contributed by atoms with Gasteiger partial charge in [-0.05, 0) is 43.7 Å². The highest BCUT2D eigenvalue weighted by molar-refractivity contribution is 8.00. The first-order valence-electron chi connectivity index (χ1n) is 8.61. The molecular weight excluding hydrogens is 403 g/mol. The van der Waals surface area contributed by atoms with Crippen LogP contribution in [0.3, 0.4) is 0 Å². The van der Waals surface area contributed by atoms with Crippen molar-refractivity contribution in [2.75, 3.05) is 12.3 Å². The summed E-state index contributed by atoms with van der Waals surface area (Å²) in [6.07, 6.45) is 0. The van der Waals surface area contributed by atoms with E-state index in [4.69, 9.17) is 23.2 Å². The van der Waals surface area contributed by atoms with Gasteiger partial charge in [0.1, 0.15) is 6.04 Å². The molecule has 0 fully saturated rings. The normalized spacial score (nSPS) is 11.7. The summed E-state index contributed by atoms with van der Waals surface area (Å²) in [5, 5.41) is 3.65. The van der Waals surface area contributed by atoms with Gasteiger partial charge in [0, 0.05) is 18.0 Å². The van der Waals surface area contributed by atoms with Gasteiger partial charge in [-0.3, -0.25) is 9.59 Å². The highest BCUT2D eigenvalue weighted by atomic mass is 35.5. The Bertz CT molecular complexity index is 787. The van der Waals surface area contributed by atoms with Crippen LogP contribution in [0.5, 0.6) is 0 Å². The van der Waals surface area contributed by atoms with Gasteiger partial charge in [0.2, 0.25) is 11.8 Å². The zero-order chi connectivity index (χ0) is 19.8. The van der Waals surface area contributed by atoms with E-state index in [1.165, 1.54) is 11.8 Å². The maximum absolute atomic E-state index is 12.9. The number of thioether (sulfide) groups is 1. The molecule has 2 aromatic rings. The lowest BCUT2D eigenvalue weighted by Crippen LogP contribution is -2.48. The lowest BCUT2D eigenvalue weighted by Gasteiger charge is -2.28. The van der Waals surface area contributed by atoms with E-state index in [0.29, 0.717) is 16.6 Å². The fourth-order valence-corrected chi connectivity index (χ4v) is 3.61. The third-order valence-electron chi connectivity index (χ3n) is 3.96. The van der Waals surface area contributed by atoms with E-state index in [1.54, 1.807) is 24.0 Å². The van der Waals surface area contributed by atoms with Crippen molar-refractivity contribution >= 4 is 46.8 Å². The summed E-state index contributed by atoms with van der Waals surface area (Å²) in [6.45, 7) is 4.37. The van der Waals surface area contributed by atoms with Gasteiger partial charge in [-0.15, -0.1) is 11.8 Å². The summed E-state index contributed by atoms with van der Waals surface area (Å²) >= 11 is 13.5. The Hall–Kier alpha value is -1.69. The van der Waals surface area contributed by atoms with Crippen LogP contribution < -0.4 is 5.32 Å². The molecule has 0 radical (unpaired) electrons. The summed E-state index contributed by atoms with van der Waals surface area (Å²) in [6, 6.07) is 14.3. The molecule has 0 aliphatic carbocycles. The van der Waals surface area contributed by atoms with Crippen LogP contribution in [-0.2, 0) is 16.1 Å². The molecule has 0 aromatic heterocycles. The minimum Gasteiger partial charge on any atom is -0.355 e. The Kier molecular flexibility index (Phi) is 8.48. The second kappa shape index (κ2) is 10.6. The van der Waals surface area contributed by atoms with Gasteiger partial charge >= 0.3 is 0 Å². The van der Waals surface area contributed by atoms with Gasteiger partial charge in [-0.25, -0.2) is 0 Å². The van der Waals surface area contributed by atoms with E-state index in [9.17, 15) is 9.59 Å². The number of carbonyl (C=O) groups is 2. The quantitative estimate of drug-likeness (QED) is 0.627. The number of rotatable bonds is 8. The molecule has 27 heavy (non-hydrogen) atoms. The van der Waals surface area contributed by atoms with Crippen LogP contribution >= 0.6 is 35.0 Å². The first-order valence-corrected chi connectivity index (χ1v) is 10.4. The van der Waals surface area contributed by atoms with Crippen LogP contribution in [0.15, 0.2) is 53.4 Å². The van der Waals surface area contributed by atoms with Crippen LogP contribution in [-0.4, -0.2) is 35.1 Å². The molecule has 0 aliphatic heterocycles. The summed E-state index contributed by atoms with van der Waals surface area (Å²) in [4.78, 5) is 27.8. The number of likely N-dealkylation sites (N-methyl/N-ethyl adjacent to an activating group) is 1. The minimum absolute atomic E-state index is 0.117. The molecule has 2 amide bonds. The second-order valence-corrected chi connectivity index (χ2v) is 7.81. The number of hydrogen-bond acceptors (Lipinski definition) is 3. The number of nitrogens with one attached hydrogen (secondary N) is 1. The Labute approximate surface area is 174 Å². The Morgan fingerprint density at radius 1 is 1.11 bits per heavy atom. The second-order valence-electron chi connectivity index (χ2n) is 5.94. The molecule has 4 nitrogen and oxygen atoms in total. The first-order chi connectivity index (χ1) is 12.9. The van der Waals surface area contributed by atoms with Gasteiger partial charge < -0.3 is 10.2 Å². The first kappa shape index (κ1) is 21.6. The van der Waals surface area contributed by atoms with Crippen molar-refractivity contribution in [1.82, 2.24) is 10.2 Å². The van der Waals surface area contributed by atoms with Crippen molar-refractivity contribution in [1.29, 1.82) is 0 Å². The zero-order valence-electron chi connectivity index (χ0n) is 15.2. The molecular formula is C20H22Cl2N2O2S. The predicted octanol–water partition coefficient (Wildman–Crippen LogP) is 4.64. The average molecular weight is 425 g/mol. The molecule has 2 aromatic carbocycles. The average Bonchev–Trinajstić information content (AvgIpc) is 2.67. The number of benzene rings is 2. The van der Waals surface area contributed by atoms with Crippen molar-refractivity contribution in [3.05, 3.63) is 64.1 Å². The Morgan fingerprint density at radius 3 is 2.44 bits per heavy atom. The van der Waals surface area contributed by atoms with Crippen LogP contribution in [0.25, 0.3) is 0 Å². The zero-order valence-corrected chi connectivity index (χ0v) is 17.6. The van der Waals surface area contributed by atoms with Crippen LogP contribution in [0.2, 0.25) is 10.0 Å². The van der Waals surface area contributed by atoms with Gasteiger partial charge in [0.25, 0.3) is 0 Å². The maximum atomic E-state index is 12.9. The summed E-state index contributed by atoms with van der Waals surface area (Å²) < 4.78 is 0. The van der Waals surface area contributed by atoms with Crippen molar-refractivity contribution in [2.24, 2.45) is 0 Å². The van der Waals surface area contributed by atoms with Gasteiger partial charge in [-0.1, -0.05) is 47.5 Å². The van der Waals surface area contributed by atoms with Crippen molar-refractivity contribution in [3.8, 4) is 0 Å². The summed E-state index contributed by atoms with van der Waals surface area (Å²) in [7, 11) is 0. The van der Waals surface area contributed by atoms with E-state index in [-0.39, 0.29) is 24.1 Å². The molecule has 0 heterocycles. The fraction of sp³-hybridized carbons (Fsp3) is 0.300. The van der Waals surface area contributed by atoms with E-state index >= 15 is 0 Å². The maximum Gasteiger partial charge on any atom is 0.242 e. The van der Waals surface area contributed by atoms with E-state index in [0.717, 1.165) is 10.5 Å². The van der Waals surface area contributed by atoms with Crippen molar-refractivity contribution in [3.63, 3.8) is 0 Å². The van der Waals surface area contributed by atoms with Crippen LogP contribution in [0.1, 0.15) is 19.4 Å². The Morgan fingerprint density at radius 2 is 1.81 bits per heavy atom. The number of halogens is 2. The molecule has 7 heteroatoms. The lowest BCUT2D eigenvalue weighted by molar-refractivity contribution is -0.138. The van der Waals surface area contributed by atoms with Gasteiger partial charge in [0.15, 0.2) is 0 Å². The molecule has 1 atom stereocenters. The third kappa shape index (κ3) is 6.45. The van der Waals surface area contributed by atoms with Crippen LogP contribution in [0.4, 0.5) is 0 Å². The third-order valence-corrected chi connectivity index (χ3v) is 5.70. The van der Waals surface area contributed by atoms with Crippen molar-refractivity contribution < 1.29 is 9.59 Å². The highest BCUT2D eigenvalue weighted by Gasteiger charge is 2.26. The summed E-state index contributed by atoms with van der Waals surface area (Å²) in [5.74, 6) is -0.0565. The number of hydrogen-bond donors (Lipinski definition) is 1. The SMILES string of the molecule is CCNC(=O)C(C)N(Cc1ccc(Cl)c(Cl)c1)C(=O)CSc1ccccc1. The molecule has 0 aliphatic rings. The largest absolute Gasteiger partial charge is 0.355 e. The molecule has 0 saturated heterocycles. The lowest BCUT2D eigenvalue weighted by atomic mass is 10.1. The molecule has 144 valence electrons. The molecule has 0 saturated carbocycles.